The Kier molecular flexibility index (Phi) is 2.71. The number of rotatable bonds is 1. The lowest BCUT2D eigenvalue weighted by molar-refractivity contribution is 0.0867. The van der Waals surface area contributed by atoms with Gasteiger partial charge in [-0.25, -0.2) is 8.42 Å². The maximum absolute atomic E-state index is 11.3. The molecule has 2 rings (SSSR count). The number of hydrogen-bond acceptors (Lipinski definition) is 5. The van der Waals surface area contributed by atoms with Crippen molar-refractivity contribution < 1.29 is 13.5 Å². The van der Waals surface area contributed by atoms with Gasteiger partial charge < -0.3 is 5.11 Å². The molecule has 0 radical (unpaired) electrons. The third-order valence-electron chi connectivity index (χ3n) is 3.16. The zero-order chi connectivity index (χ0) is 11.1. The highest BCUT2D eigenvalue weighted by Crippen LogP contribution is 2.26. The van der Waals surface area contributed by atoms with E-state index in [4.69, 9.17) is 5.26 Å². The topological polar surface area (TPSA) is 81.4 Å². The van der Waals surface area contributed by atoms with Crippen LogP contribution < -0.4 is 0 Å². The molecule has 0 spiro atoms. The average molecular weight is 230 g/mol. The van der Waals surface area contributed by atoms with Gasteiger partial charge >= 0.3 is 0 Å². The second kappa shape index (κ2) is 3.74. The monoisotopic (exact) mass is 230 g/mol. The van der Waals surface area contributed by atoms with Crippen LogP contribution in [0, 0.1) is 11.3 Å². The predicted molar refractivity (Wildman–Crippen MR) is 53.8 cm³/mol. The number of nitriles is 1. The minimum atomic E-state index is -3.11. The summed E-state index contributed by atoms with van der Waals surface area (Å²) in [6.07, 6.45) is 0.852. The third kappa shape index (κ3) is 2.00. The van der Waals surface area contributed by atoms with Gasteiger partial charge in [-0.3, -0.25) is 4.90 Å². The molecule has 1 N–H and O–H groups in total. The number of hydrogen-bond donors (Lipinski definition) is 1. The van der Waals surface area contributed by atoms with E-state index < -0.39 is 15.9 Å². The van der Waals surface area contributed by atoms with Crippen LogP contribution in [-0.2, 0) is 9.84 Å². The van der Waals surface area contributed by atoms with Crippen molar-refractivity contribution >= 4 is 9.84 Å². The fourth-order valence-electron chi connectivity index (χ4n) is 2.45. The standard InChI is InChI=1S/C9H14N2O3S/c10-4-7-2-1-3-11(7)8-5-15(13,14)6-9(8)12/h7-9,12H,1-3,5-6H2. The van der Waals surface area contributed by atoms with Crippen molar-refractivity contribution in [3.8, 4) is 6.07 Å². The number of aliphatic hydroxyl groups is 1. The summed E-state index contributed by atoms with van der Waals surface area (Å²) in [5.41, 5.74) is 0. The first-order valence-electron chi connectivity index (χ1n) is 5.07. The summed E-state index contributed by atoms with van der Waals surface area (Å²) >= 11 is 0. The van der Waals surface area contributed by atoms with Crippen molar-refractivity contribution in [2.45, 2.75) is 31.0 Å². The van der Waals surface area contributed by atoms with E-state index in [0.717, 1.165) is 19.4 Å². The molecule has 6 heteroatoms. The molecule has 2 heterocycles. The Morgan fingerprint density at radius 1 is 1.40 bits per heavy atom. The van der Waals surface area contributed by atoms with Gasteiger partial charge in [0.2, 0.25) is 0 Å². The lowest BCUT2D eigenvalue weighted by Crippen LogP contribution is -2.45. The minimum absolute atomic E-state index is 0.00759. The highest BCUT2D eigenvalue weighted by Gasteiger charge is 2.43. The number of likely N-dealkylation sites (tertiary alicyclic amines) is 1. The molecule has 2 saturated heterocycles. The van der Waals surface area contributed by atoms with E-state index in [-0.39, 0.29) is 23.6 Å². The van der Waals surface area contributed by atoms with Crippen molar-refractivity contribution in [2.75, 3.05) is 18.1 Å². The summed E-state index contributed by atoms with van der Waals surface area (Å²) in [6, 6.07) is 1.56. The zero-order valence-electron chi connectivity index (χ0n) is 8.33. The molecule has 84 valence electrons. The van der Waals surface area contributed by atoms with Crippen molar-refractivity contribution in [1.29, 1.82) is 5.26 Å². The molecule has 0 bridgehead atoms. The Morgan fingerprint density at radius 2 is 2.13 bits per heavy atom. The van der Waals surface area contributed by atoms with Gasteiger partial charge in [0.15, 0.2) is 9.84 Å². The summed E-state index contributed by atoms with van der Waals surface area (Å²) in [7, 11) is -3.11. The lowest BCUT2D eigenvalue weighted by Gasteiger charge is -2.27. The second-order valence-corrected chi connectivity index (χ2v) is 6.39. The van der Waals surface area contributed by atoms with Gasteiger partial charge in [-0.1, -0.05) is 0 Å². The molecule has 0 aromatic heterocycles. The molecule has 0 aromatic rings. The molecule has 2 aliphatic heterocycles. The van der Waals surface area contributed by atoms with Gasteiger partial charge in [0, 0.05) is 0 Å². The third-order valence-corrected chi connectivity index (χ3v) is 4.86. The Morgan fingerprint density at radius 3 is 2.67 bits per heavy atom. The van der Waals surface area contributed by atoms with Crippen molar-refractivity contribution in [1.82, 2.24) is 4.90 Å². The average Bonchev–Trinajstić information content (AvgIpc) is 2.69. The van der Waals surface area contributed by atoms with Crippen LogP contribution in [0.25, 0.3) is 0 Å². The summed E-state index contributed by atoms with van der Waals surface area (Å²) in [4.78, 5) is 1.84. The SMILES string of the molecule is N#CC1CCCN1C1CS(=O)(=O)CC1O. The van der Waals surface area contributed by atoms with Crippen LogP contribution >= 0.6 is 0 Å². The highest BCUT2D eigenvalue weighted by atomic mass is 32.2. The van der Waals surface area contributed by atoms with Crippen molar-refractivity contribution in [2.24, 2.45) is 0 Å². The first kappa shape index (κ1) is 10.9. The summed E-state index contributed by atoms with van der Waals surface area (Å²) < 4.78 is 22.7. The van der Waals surface area contributed by atoms with Crippen LogP contribution in [0.4, 0.5) is 0 Å². The molecule has 2 aliphatic rings. The quantitative estimate of drug-likeness (QED) is 0.633. The molecule has 3 unspecified atom stereocenters. The van der Waals surface area contributed by atoms with E-state index in [2.05, 4.69) is 6.07 Å². The van der Waals surface area contributed by atoms with Crippen LogP contribution in [0.1, 0.15) is 12.8 Å². The Balaban J connectivity index is 2.15. The van der Waals surface area contributed by atoms with Crippen molar-refractivity contribution in [3.63, 3.8) is 0 Å². The van der Waals surface area contributed by atoms with Gasteiger partial charge in [-0.2, -0.15) is 5.26 Å². The van der Waals surface area contributed by atoms with E-state index in [1.807, 2.05) is 4.90 Å². The van der Waals surface area contributed by atoms with E-state index in [1.165, 1.54) is 0 Å². The van der Waals surface area contributed by atoms with Gasteiger partial charge in [0.25, 0.3) is 0 Å². The van der Waals surface area contributed by atoms with Crippen molar-refractivity contribution in [3.05, 3.63) is 0 Å². The molecule has 15 heavy (non-hydrogen) atoms. The Hall–Kier alpha value is -0.640. The largest absolute Gasteiger partial charge is 0.390 e. The van der Waals surface area contributed by atoms with Gasteiger partial charge in [0.1, 0.15) is 0 Å². The smallest absolute Gasteiger partial charge is 0.154 e. The number of aliphatic hydroxyl groups excluding tert-OH is 1. The van der Waals surface area contributed by atoms with E-state index in [1.54, 1.807) is 0 Å². The molecule has 5 nitrogen and oxygen atoms in total. The normalized spacial score (nSPS) is 40.4. The fourth-order valence-corrected chi connectivity index (χ4v) is 4.26. The number of sulfone groups is 1. The van der Waals surface area contributed by atoms with Crippen LogP contribution in [0.3, 0.4) is 0 Å². The van der Waals surface area contributed by atoms with Gasteiger partial charge in [-0.05, 0) is 19.4 Å². The first-order chi connectivity index (χ1) is 7.03. The van der Waals surface area contributed by atoms with Crippen LogP contribution in [0.2, 0.25) is 0 Å². The van der Waals surface area contributed by atoms with Crippen LogP contribution in [0.15, 0.2) is 0 Å². The maximum Gasteiger partial charge on any atom is 0.154 e. The summed E-state index contributed by atoms with van der Waals surface area (Å²) in [5.74, 6) is -0.168. The summed E-state index contributed by atoms with van der Waals surface area (Å²) in [6.45, 7) is 0.718. The molecule has 0 aromatic carbocycles. The van der Waals surface area contributed by atoms with Crippen LogP contribution in [0.5, 0.6) is 0 Å². The summed E-state index contributed by atoms with van der Waals surface area (Å²) in [5, 5.41) is 18.6. The van der Waals surface area contributed by atoms with Gasteiger partial charge in [-0.15, -0.1) is 0 Å². The second-order valence-electron chi connectivity index (χ2n) is 4.24. The minimum Gasteiger partial charge on any atom is -0.390 e. The molecule has 3 atom stereocenters. The number of nitrogens with zero attached hydrogens (tertiary/aromatic N) is 2. The molecule has 0 amide bonds. The van der Waals surface area contributed by atoms with E-state index in [0.29, 0.717) is 0 Å². The fraction of sp³-hybridized carbons (Fsp3) is 0.889. The first-order valence-corrected chi connectivity index (χ1v) is 6.89. The molecular weight excluding hydrogens is 216 g/mol. The molecule has 0 aliphatic carbocycles. The van der Waals surface area contributed by atoms with E-state index in [9.17, 15) is 13.5 Å². The predicted octanol–water partition coefficient (Wildman–Crippen LogP) is -0.868. The molecule has 2 fully saturated rings. The maximum atomic E-state index is 11.3. The molecule has 0 saturated carbocycles. The highest BCUT2D eigenvalue weighted by molar-refractivity contribution is 7.91. The Labute approximate surface area is 89.2 Å². The van der Waals surface area contributed by atoms with Crippen LogP contribution in [-0.4, -0.2) is 54.7 Å². The molecular formula is C9H14N2O3S. The zero-order valence-corrected chi connectivity index (χ0v) is 9.15. The Bertz CT molecular complexity index is 387. The van der Waals surface area contributed by atoms with Gasteiger partial charge in [0.05, 0.1) is 35.8 Å². The lowest BCUT2D eigenvalue weighted by atomic mass is 10.1. The van der Waals surface area contributed by atoms with E-state index >= 15 is 0 Å².